The summed E-state index contributed by atoms with van der Waals surface area (Å²) in [5.41, 5.74) is 0.708. The van der Waals surface area contributed by atoms with Crippen molar-refractivity contribution in [2.45, 2.75) is 57.5 Å². The highest BCUT2D eigenvalue weighted by atomic mass is 16.5. The van der Waals surface area contributed by atoms with Gasteiger partial charge in [-0.05, 0) is 62.5 Å². The van der Waals surface area contributed by atoms with Gasteiger partial charge in [-0.15, -0.1) is 0 Å². The number of amides is 2. The van der Waals surface area contributed by atoms with E-state index in [1.807, 2.05) is 29.0 Å². The van der Waals surface area contributed by atoms with Crippen molar-refractivity contribution in [3.8, 4) is 0 Å². The van der Waals surface area contributed by atoms with E-state index in [0.717, 1.165) is 64.7 Å². The molecule has 152 valence electrons. The second kappa shape index (κ2) is 7.82. The molecule has 2 amide bonds. The molecule has 0 aliphatic carbocycles. The molecule has 1 atom stereocenters. The van der Waals surface area contributed by atoms with Gasteiger partial charge in [0.2, 0.25) is 5.91 Å². The smallest absolute Gasteiger partial charge is 0.254 e. The van der Waals surface area contributed by atoms with Crippen molar-refractivity contribution in [3.63, 3.8) is 0 Å². The van der Waals surface area contributed by atoms with Crippen molar-refractivity contribution in [2.75, 3.05) is 32.8 Å². The summed E-state index contributed by atoms with van der Waals surface area (Å²) in [6.07, 6.45) is 9.81. The van der Waals surface area contributed by atoms with Crippen molar-refractivity contribution >= 4 is 11.8 Å². The molecule has 6 nitrogen and oxygen atoms in total. The highest BCUT2D eigenvalue weighted by Gasteiger charge is 2.45. The van der Waals surface area contributed by atoms with E-state index >= 15 is 0 Å². The van der Waals surface area contributed by atoms with Gasteiger partial charge in [0.1, 0.15) is 5.60 Å². The van der Waals surface area contributed by atoms with E-state index < -0.39 is 5.60 Å². The summed E-state index contributed by atoms with van der Waals surface area (Å²) < 4.78 is 5.75. The summed E-state index contributed by atoms with van der Waals surface area (Å²) >= 11 is 0. The molecule has 0 saturated carbocycles. The molecule has 1 aromatic heterocycles. The first-order chi connectivity index (χ1) is 13.5. The van der Waals surface area contributed by atoms with Crippen LogP contribution in [-0.4, -0.2) is 65.0 Å². The lowest BCUT2D eigenvalue weighted by atomic mass is 9.72. The zero-order chi connectivity index (χ0) is 19.6. The van der Waals surface area contributed by atoms with Gasteiger partial charge < -0.3 is 14.5 Å². The topological polar surface area (TPSA) is 62.7 Å². The number of hydrogen-bond acceptors (Lipinski definition) is 4. The quantitative estimate of drug-likeness (QED) is 0.799. The van der Waals surface area contributed by atoms with Gasteiger partial charge in [0, 0.05) is 51.6 Å². The van der Waals surface area contributed by atoms with Crippen molar-refractivity contribution in [2.24, 2.45) is 5.41 Å². The second-order valence-corrected chi connectivity index (χ2v) is 8.90. The molecular weight excluding hydrogens is 354 g/mol. The van der Waals surface area contributed by atoms with Crippen LogP contribution in [0.25, 0.3) is 0 Å². The maximum absolute atomic E-state index is 12.9. The fourth-order valence-electron chi connectivity index (χ4n) is 4.99. The average Bonchev–Trinajstić information content (AvgIpc) is 3.17. The van der Waals surface area contributed by atoms with Crippen LogP contribution in [0.15, 0.2) is 24.5 Å². The molecule has 3 aliphatic heterocycles. The van der Waals surface area contributed by atoms with Crippen molar-refractivity contribution in [1.82, 2.24) is 14.8 Å². The Labute approximate surface area is 167 Å². The number of piperidine rings is 2. The van der Waals surface area contributed by atoms with Crippen LogP contribution in [0.2, 0.25) is 0 Å². The Morgan fingerprint density at radius 1 is 1.25 bits per heavy atom. The molecule has 0 bridgehead atoms. The fraction of sp³-hybridized carbons (Fsp3) is 0.682. The first-order valence-electron chi connectivity index (χ1n) is 10.6. The van der Waals surface area contributed by atoms with Crippen LogP contribution in [0.5, 0.6) is 0 Å². The molecule has 28 heavy (non-hydrogen) atoms. The van der Waals surface area contributed by atoms with Gasteiger partial charge in [-0.25, -0.2) is 0 Å². The molecule has 0 N–H and O–H groups in total. The SMILES string of the molecule is C[C@]1(C(=O)N2CCC3(CCC(=O)N(CCc4cccnc4)C3)CC2)CCCO1. The third-order valence-electron chi connectivity index (χ3n) is 6.92. The number of carbonyl (C=O) groups excluding carboxylic acids is 2. The number of carbonyl (C=O) groups is 2. The maximum atomic E-state index is 12.9. The molecule has 6 heteroatoms. The first kappa shape index (κ1) is 19.4. The Balaban J connectivity index is 1.34. The summed E-state index contributed by atoms with van der Waals surface area (Å²) in [4.78, 5) is 33.6. The summed E-state index contributed by atoms with van der Waals surface area (Å²) in [5, 5.41) is 0. The predicted molar refractivity (Wildman–Crippen MR) is 106 cm³/mol. The molecule has 0 unspecified atom stereocenters. The lowest BCUT2D eigenvalue weighted by Crippen LogP contribution is -2.55. The molecular formula is C22H31N3O3. The molecule has 3 fully saturated rings. The summed E-state index contributed by atoms with van der Waals surface area (Å²) in [7, 11) is 0. The van der Waals surface area contributed by atoms with E-state index in [1.165, 1.54) is 5.56 Å². The lowest BCUT2D eigenvalue weighted by Gasteiger charge is -2.48. The van der Waals surface area contributed by atoms with Gasteiger partial charge in [0.25, 0.3) is 5.91 Å². The van der Waals surface area contributed by atoms with Crippen LogP contribution >= 0.6 is 0 Å². The molecule has 3 saturated heterocycles. The van der Waals surface area contributed by atoms with Crippen LogP contribution < -0.4 is 0 Å². The van der Waals surface area contributed by atoms with E-state index in [9.17, 15) is 9.59 Å². The van der Waals surface area contributed by atoms with Crippen LogP contribution in [0, 0.1) is 5.41 Å². The van der Waals surface area contributed by atoms with Crippen LogP contribution in [0.4, 0.5) is 0 Å². The zero-order valence-corrected chi connectivity index (χ0v) is 16.9. The number of rotatable bonds is 4. The fourth-order valence-corrected chi connectivity index (χ4v) is 4.99. The first-order valence-corrected chi connectivity index (χ1v) is 10.6. The zero-order valence-electron chi connectivity index (χ0n) is 16.9. The highest BCUT2D eigenvalue weighted by molar-refractivity contribution is 5.85. The van der Waals surface area contributed by atoms with Crippen LogP contribution in [0.1, 0.15) is 51.0 Å². The van der Waals surface area contributed by atoms with Crippen LogP contribution in [-0.2, 0) is 20.7 Å². The Kier molecular flexibility index (Phi) is 5.41. The predicted octanol–water partition coefficient (Wildman–Crippen LogP) is 2.42. The minimum atomic E-state index is -0.622. The Hall–Kier alpha value is -1.95. The van der Waals surface area contributed by atoms with Gasteiger partial charge in [0.05, 0.1) is 0 Å². The van der Waals surface area contributed by atoms with Crippen molar-refractivity contribution in [3.05, 3.63) is 30.1 Å². The second-order valence-electron chi connectivity index (χ2n) is 8.90. The van der Waals surface area contributed by atoms with Gasteiger partial charge in [-0.1, -0.05) is 6.07 Å². The summed E-state index contributed by atoms with van der Waals surface area (Å²) in [6, 6.07) is 4.00. The molecule has 0 aromatic carbocycles. The number of aromatic nitrogens is 1. The van der Waals surface area contributed by atoms with Gasteiger partial charge in [0.15, 0.2) is 0 Å². The monoisotopic (exact) mass is 385 g/mol. The van der Waals surface area contributed by atoms with E-state index in [2.05, 4.69) is 11.1 Å². The number of likely N-dealkylation sites (tertiary alicyclic amines) is 2. The van der Waals surface area contributed by atoms with Crippen molar-refractivity contribution in [1.29, 1.82) is 0 Å². The minimum Gasteiger partial charge on any atom is -0.365 e. The normalized spacial score (nSPS) is 27.4. The third kappa shape index (κ3) is 3.93. The molecule has 4 rings (SSSR count). The van der Waals surface area contributed by atoms with Crippen molar-refractivity contribution < 1.29 is 14.3 Å². The number of ether oxygens (including phenoxy) is 1. The van der Waals surface area contributed by atoms with Gasteiger partial charge in [-0.2, -0.15) is 0 Å². The lowest BCUT2D eigenvalue weighted by molar-refractivity contribution is -0.155. The van der Waals surface area contributed by atoms with Crippen LogP contribution in [0.3, 0.4) is 0 Å². The maximum Gasteiger partial charge on any atom is 0.254 e. The third-order valence-corrected chi connectivity index (χ3v) is 6.92. The average molecular weight is 386 g/mol. The van der Waals surface area contributed by atoms with E-state index in [0.29, 0.717) is 13.0 Å². The number of pyridine rings is 1. The highest BCUT2D eigenvalue weighted by Crippen LogP contribution is 2.41. The molecule has 1 aromatic rings. The Morgan fingerprint density at radius 3 is 2.75 bits per heavy atom. The standard InChI is InChI=1S/C22H31N3O3/c1-21(7-3-15-28-21)20(27)24-13-9-22(10-14-24)8-5-19(26)25(17-22)12-6-18-4-2-11-23-16-18/h2,4,11,16H,3,5-10,12-15,17H2,1H3/t21-/m1/s1. The molecule has 3 aliphatic rings. The van der Waals surface area contributed by atoms with E-state index in [4.69, 9.17) is 4.74 Å². The Bertz CT molecular complexity index is 707. The Morgan fingerprint density at radius 2 is 2.07 bits per heavy atom. The van der Waals surface area contributed by atoms with E-state index in [-0.39, 0.29) is 17.2 Å². The summed E-state index contributed by atoms with van der Waals surface area (Å²) in [5.74, 6) is 0.417. The number of hydrogen-bond donors (Lipinski definition) is 0. The molecule has 4 heterocycles. The molecule has 0 radical (unpaired) electrons. The summed E-state index contributed by atoms with van der Waals surface area (Å²) in [6.45, 7) is 5.76. The van der Waals surface area contributed by atoms with Gasteiger partial charge >= 0.3 is 0 Å². The molecule has 1 spiro atoms. The number of nitrogens with zero attached hydrogens (tertiary/aromatic N) is 3. The van der Waals surface area contributed by atoms with Gasteiger partial charge in [-0.3, -0.25) is 14.6 Å². The van der Waals surface area contributed by atoms with E-state index in [1.54, 1.807) is 6.20 Å². The minimum absolute atomic E-state index is 0.153. The largest absolute Gasteiger partial charge is 0.365 e.